The van der Waals surface area contributed by atoms with E-state index in [-0.39, 0.29) is 12.0 Å². The van der Waals surface area contributed by atoms with Crippen LogP contribution in [0.5, 0.6) is 5.75 Å². The fraction of sp³-hybridized carbons (Fsp3) is 0.571. The summed E-state index contributed by atoms with van der Waals surface area (Å²) in [6.45, 7) is 4.74. The molecule has 100 valence electrons. The Morgan fingerprint density at radius 2 is 2.22 bits per heavy atom. The second-order valence-corrected chi connectivity index (χ2v) is 5.67. The molecule has 4 heteroatoms. The SMILES string of the molecule is COc1cc(C)c(Br)cc1C(O)C1CCOC1C. The minimum atomic E-state index is -0.547. The van der Waals surface area contributed by atoms with Crippen LogP contribution in [0.15, 0.2) is 16.6 Å². The summed E-state index contributed by atoms with van der Waals surface area (Å²) in [4.78, 5) is 0. The van der Waals surface area contributed by atoms with Crippen LogP contribution in [0, 0.1) is 12.8 Å². The third kappa shape index (κ3) is 2.56. The van der Waals surface area contributed by atoms with E-state index in [9.17, 15) is 5.11 Å². The lowest BCUT2D eigenvalue weighted by molar-refractivity contribution is 0.0420. The molecule has 1 aromatic carbocycles. The third-order valence-electron chi connectivity index (χ3n) is 3.67. The second kappa shape index (κ2) is 5.59. The molecule has 3 unspecified atom stereocenters. The van der Waals surface area contributed by atoms with Gasteiger partial charge in [-0.25, -0.2) is 0 Å². The molecule has 0 aromatic heterocycles. The van der Waals surface area contributed by atoms with Crippen LogP contribution in [0.3, 0.4) is 0 Å². The molecule has 0 radical (unpaired) electrons. The average molecular weight is 315 g/mol. The molecule has 18 heavy (non-hydrogen) atoms. The Morgan fingerprint density at radius 1 is 1.50 bits per heavy atom. The van der Waals surface area contributed by atoms with Crippen molar-refractivity contribution in [2.24, 2.45) is 5.92 Å². The lowest BCUT2D eigenvalue weighted by Gasteiger charge is -2.23. The number of hydrogen-bond acceptors (Lipinski definition) is 3. The van der Waals surface area contributed by atoms with E-state index in [1.165, 1.54) is 0 Å². The van der Waals surface area contributed by atoms with E-state index in [1.807, 2.05) is 26.0 Å². The lowest BCUT2D eigenvalue weighted by atomic mass is 9.90. The summed E-state index contributed by atoms with van der Waals surface area (Å²) >= 11 is 3.50. The Kier molecular flexibility index (Phi) is 4.30. The molecule has 0 spiro atoms. The molecule has 0 aliphatic carbocycles. The summed E-state index contributed by atoms with van der Waals surface area (Å²) in [7, 11) is 1.63. The number of halogens is 1. The van der Waals surface area contributed by atoms with E-state index in [0.717, 1.165) is 34.4 Å². The molecule has 1 aliphatic rings. The summed E-state index contributed by atoms with van der Waals surface area (Å²) in [5.74, 6) is 0.871. The largest absolute Gasteiger partial charge is 0.496 e. The predicted octanol–water partition coefficient (Wildman–Crippen LogP) is 3.22. The van der Waals surface area contributed by atoms with Crippen LogP contribution in [-0.4, -0.2) is 24.9 Å². The number of rotatable bonds is 3. The third-order valence-corrected chi connectivity index (χ3v) is 4.52. The maximum absolute atomic E-state index is 10.5. The van der Waals surface area contributed by atoms with E-state index in [1.54, 1.807) is 7.11 Å². The van der Waals surface area contributed by atoms with Gasteiger partial charge in [0.05, 0.1) is 19.3 Å². The quantitative estimate of drug-likeness (QED) is 0.931. The molecule has 0 amide bonds. The number of aryl methyl sites for hydroxylation is 1. The van der Waals surface area contributed by atoms with E-state index in [4.69, 9.17) is 9.47 Å². The Balaban J connectivity index is 2.34. The number of benzene rings is 1. The van der Waals surface area contributed by atoms with Gasteiger partial charge >= 0.3 is 0 Å². The highest BCUT2D eigenvalue weighted by atomic mass is 79.9. The van der Waals surface area contributed by atoms with Crippen molar-refractivity contribution in [1.82, 2.24) is 0 Å². The van der Waals surface area contributed by atoms with Gasteiger partial charge in [0.2, 0.25) is 0 Å². The molecule has 1 N–H and O–H groups in total. The van der Waals surface area contributed by atoms with E-state index < -0.39 is 6.10 Å². The van der Waals surface area contributed by atoms with Gasteiger partial charge < -0.3 is 14.6 Å². The molecule has 1 saturated heterocycles. The van der Waals surface area contributed by atoms with Crippen LogP contribution in [0.25, 0.3) is 0 Å². The molecule has 1 aromatic rings. The minimum absolute atomic E-state index is 0.0878. The number of aliphatic hydroxyl groups is 1. The van der Waals surface area contributed by atoms with Crippen LogP contribution in [0.4, 0.5) is 0 Å². The van der Waals surface area contributed by atoms with E-state index in [0.29, 0.717) is 0 Å². The monoisotopic (exact) mass is 314 g/mol. The molecule has 1 heterocycles. The van der Waals surface area contributed by atoms with Crippen LogP contribution < -0.4 is 4.74 Å². The standard InChI is InChI=1S/C14H19BrO3/c1-8-6-13(17-3)11(7-12(8)15)14(16)10-4-5-18-9(10)2/h6-7,9-10,14,16H,4-5H2,1-3H3. The van der Waals surface area contributed by atoms with Gasteiger partial charge in [0, 0.05) is 22.6 Å². The van der Waals surface area contributed by atoms with Gasteiger partial charge in [0.15, 0.2) is 0 Å². The molecular weight excluding hydrogens is 296 g/mol. The van der Waals surface area contributed by atoms with Crippen molar-refractivity contribution in [1.29, 1.82) is 0 Å². The number of aliphatic hydroxyl groups excluding tert-OH is 1. The topological polar surface area (TPSA) is 38.7 Å². The van der Waals surface area contributed by atoms with Gasteiger partial charge in [-0.2, -0.15) is 0 Å². The normalized spacial score (nSPS) is 25.2. The molecule has 3 atom stereocenters. The minimum Gasteiger partial charge on any atom is -0.496 e. The number of hydrogen-bond donors (Lipinski definition) is 1. The molecule has 1 aliphatic heterocycles. The van der Waals surface area contributed by atoms with Gasteiger partial charge in [-0.15, -0.1) is 0 Å². The fourth-order valence-electron chi connectivity index (χ4n) is 2.47. The van der Waals surface area contributed by atoms with E-state index >= 15 is 0 Å². The first-order valence-electron chi connectivity index (χ1n) is 6.18. The zero-order chi connectivity index (χ0) is 13.3. The second-order valence-electron chi connectivity index (χ2n) is 4.82. The first-order valence-corrected chi connectivity index (χ1v) is 6.97. The highest BCUT2D eigenvalue weighted by Crippen LogP contribution is 2.39. The summed E-state index contributed by atoms with van der Waals surface area (Å²) in [5.41, 5.74) is 1.93. The van der Waals surface area contributed by atoms with Crippen LogP contribution in [-0.2, 0) is 4.74 Å². The molecular formula is C14H19BrO3. The Morgan fingerprint density at radius 3 is 2.78 bits per heavy atom. The van der Waals surface area contributed by atoms with Crippen LogP contribution >= 0.6 is 15.9 Å². The zero-order valence-corrected chi connectivity index (χ0v) is 12.5. The van der Waals surface area contributed by atoms with Crippen molar-refractivity contribution in [3.63, 3.8) is 0 Å². The molecule has 0 saturated carbocycles. The van der Waals surface area contributed by atoms with Gasteiger partial charge in [-0.05, 0) is 38.0 Å². The van der Waals surface area contributed by atoms with Crippen molar-refractivity contribution < 1.29 is 14.6 Å². The number of ether oxygens (including phenoxy) is 2. The highest BCUT2D eigenvalue weighted by Gasteiger charge is 2.33. The van der Waals surface area contributed by atoms with Gasteiger partial charge in [-0.1, -0.05) is 15.9 Å². The number of methoxy groups -OCH3 is 1. The summed E-state index contributed by atoms with van der Waals surface area (Å²) in [6.07, 6.45) is 0.427. The molecule has 2 rings (SSSR count). The van der Waals surface area contributed by atoms with Crippen molar-refractivity contribution in [2.75, 3.05) is 13.7 Å². The summed E-state index contributed by atoms with van der Waals surface area (Å²) < 4.78 is 11.9. The first kappa shape index (κ1) is 13.8. The maximum Gasteiger partial charge on any atom is 0.125 e. The van der Waals surface area contributed by atoms with Crippen molar-refractivity contribution in [3.05, 3.63) is 27.7 Å². The van der Waals surface area contributed by atoms with Crippen molar-refractivity contribution >= 4 is 15.9 Å². The zero-order valence-electron chi connectivity index (χ0n) is 10.9. The molecule has 0 bridgehead atoms. The summed E-state index contributed by atoms with van der Waals surface area (Å²) in [5, 5.41) is 10.5. The Hall–Kier alpha value is -0.580. The molecule has 3 nitrogen and oxygen atoms in total. The van der Waals surface area contributed by atoms with Gasteiger partial charge in [0.25, 0.3) is 0 Å². The van der Waals surface area contributed by atoms with Crippen molar-refractivity contribution in [2.45, 2.75) is 32.5 Å². The first-order chi connectivity index (χ1) is 8.54. The highest BCUT2D eigenvalue weighted by molar-refractivity contribution is 9.10. The Bertz CT molecular complexity index is 433. The fourth-order valence-corrected chi connectivity index (χ4v) is 2.83. The average Bonchev–Trinajstić information content (AvgIpc) is 2.77. The lowest BCUT2D eigenvalue weighted by Crippen LogP contribution is -2.20. The molecule has 1 fully saturated rings. The van der Waals surface area contributed by atoms with Gasteiger partial charge in [-0.3, -0.25) is 0 Å². The van der Waals surface area contributed by atoms with E-state index in [2.05, 4.69) is 15.9 Å². The summed E-state index contributed by atoms with van der Waals surface area (Å²) in [6, 6.07) is 3.90. The maximum atomic E-state index is 10.5. The predicted molar refractivity (Wildman–Crippen MR) is 73.9 cm³/mol. The smallest absolute Gasteiger partial charge is 0.125 e. The Labute approximate surface area is 116 Å². The van der Waals surface area contributed by atoms with Crippen molar-refractivity contribution in [3.8, 4) is 5.75 Å². The van der Waals surface area contributed by atoms with Crippen LogP contribution in [0.2, 0.25) is 0 Å². The van der Waals surface area contributed by atoms with Gasteiger partial charge in [0.1, 0.15) is 5.75 Å². The van der Waals surface area contributed by atoms with Crippen LogP contribution in [0.1, 0.15) is 30.6 Å².